The van der Waals surface area contributed by atoms with E-state index in [1.807, 2.05) is 37.6 Å². The third-order valence-electron chi connectivity index (χ3n) is 4.67. The molecule has 1 aliphatic heterocycles. The highest BCUT2D eigenvalue weighted by molar-refractivity contribution is 5.90. The van der Waals surface area contributed by atoms with Crippen molar-refractivity contribution in [2.45, 2.75) is 27.2 Å². The summed E-state index contributed by atoms with van der Waals surface area (Å²) >= 11 is 0. The molecule has 25 heavy (non-hydrogen) atoms. The zero-order valence-corrected chi connectivity index (χ0v) is 14.6. The molecule has 0 spiro atoms. The molecule has 2 N–H and O–H groups in total. The Bertz CT molecular complexity index is 828. The molecule has 3 rings (SSSR count). The summed E-state index contributed by atoms with van der Waals surface area (Å²) in [5.41, 5.74) is 4.67. The molecule has 132 valence electrons. The number of urea groups is 1. The SMILES string of the molecule is Cc1ccc(C)c(-n2ncc(NC(=O)N3CCC(C(=O)O)C3)c2C)c1. The van der Waals surface area contributed by atoms with Crippen molar-refractivity contribution in [3.8, 4) is 5.69 Å². The van der Waals surface area contributed by atoms with Gasteiger partial charge in [-0.15, -0.1) is 0 Å². The molecular formula is C18H22N4O3. The summed E-state index contributed by atoms with van der Waals surface area (Å²) in [5, 5.41) is 16.3. The number of aliphatic carboxylic acids is 1. The quantitative estimate of drug-likeness (QED) is 0.898. The van der Waals surface area contributed by atoms with E-state index >= 15 is 0 Å². The van der Waals surface area contributed by atoms with Gasteiger partial charge in [-0.2, -0.15) is 5.10 Å². The Balaban J connectivity index is 1.77. The number of likely N-dealkylation sites (tertiary alicyclic amines) is 1. The maximum absolute atomic E-state index is 12.4. The van der Waals surface area contributed by atoms with Crippen LogP contribution in [0.4, 0.5) is 10.5 Å². The van der Waals surface area contributed by atoms with Crippen LogP contribution in [0, 0.1) is 26.7 Å². The highest BCUT2D eigenvalue weighted by atomic mass is 16.4. The fraction of sp³-hybridized carbons (Fsp3) is 0.389. The summed E-state index contributed by atoms with van der Waals surface area (Å²) < 4.78 is 1.81. The molecule has 0 bridgehead atoms. The molecule has 1 aromatic heterocycles. The van der Waals surface area contributed by atoms with E-state index in [2.05, 4.69) is 16.5 Å². The van der Waals surface area contributed by atoms with Crippen molar-refractivity contribution < 1.29 is 14.7 Å². The number of carbonyl (C=O) groups excluding carboxylic acids is 1. The summed E-state index contributed by atoms with van der Waals surface area (Å²) in [6.07, 6.45) is 2.11. The Morgan fingerprint density at radius 1 is 1.28 bits per heavy atom. The maximum Gasteiger partial charge on any atom is 0.321 e. The Hall–Kier alpha value is -2.83. The fourth-order valence-corrected chi connectivity index (χ4v) is 3.06. The van der Waals surface area contributed by atoms with Gasteiger partial charge in [0.15, 0.2) is 0 Å². The Labute approximate surface area is 146 Å². The number of amides is 2. The Morgan fingerprint density at radius 2 is 2.04 bits per heavy atom. The summed E-state index contributed by atoms with van der Waals surface area (Å²) in [4.78, 5) is 25.0. The molecule has 7 nitrogen and oxygen atoms in total. The molecule has 1 aliphatic rings. The number of nitrogens with zero attached hydrogens (tertiary/aromatic N) is 3. The minimum Gasteiger partial charge on any atom is -0.481 e. The van der Waals surface area contributed by atoms with E-state index in [1.165, 1.54) is 4.90 Å². The molecule has 0 aliphatic carbocycles. The van der Waals surface area contributed by atoms with Gasteiger partial charge in [0.25, 0.3) is 0 Å². The lowest BCUT2D eigenvalue weighted by Gasteiger charge is -2.16. The number of hydrogen-bond donors (Lipinski definition) is 2. The van der Waals surface area contributed by atoms with Gasteiger partial charge in [-0.1, -0.05) is 12.1 Å². The molecule has 2 amide bonds. The van der Waals surface area contributed by atoms with Gasteiger partial charge in [0.2, 0.25) is 0 Å². The number of aryl methyl sites for hydroxylation is 2. The minimum atomic E-state index is -0.853. The van der Waals surface area contributed by atoms with Crippen LogP contribution in [0.15, 0.2) is 24.4 Å². The second kappa shape index (κ2) is 6.58. The predicted molar refractivity (Wildman–Crippen MR) is 94.1 cm³/mol. The van der Waals surface area contributed by atoms with E-state index in [9.17, 15) is 9.59 Å². The van der Waals surface area contributed by atoms with Gasteiger partial charge in [-0.25, -0.2) is 9.48 Å². The largest absolute Gasteiger partial charge is 0.481 e. The van der Waals surface area contributed by atoms with Gasteiger partial charge < -0.3 is 15.3 Å². The minimum absolute atomic E-state index is 0.241. The zero-order chi connectivity index (χ0) is 18.1. The van der Waals surface area contributed by atoms with E-state index < -0.39 is 11.9 Å². The number of carbonyl (C=O) groups is 2. The second-order valence-electron chi connectivity index (χ2n) is 6.55. The van der Waals surface area contributed by atoms with Gasteiger partial charge in [-0.05, 0) is 44.4 Å². The van der Waals surface area contributed by atoms with Crippen molar-refractivity contribution in [3.63, 3.8) is 0 Å². The summed E-state index contributed by atoms with van der Waals surface area (Å²) in [7, 11) is 0. The van der Waals surface area contributed by atoms with Crippen molar-refractivity contribution in [1.82, 2.24) is 14.7 Å². The van der Waals surface area contributed by atoms with E-state index in [1.54, 1.807) is 6.20 Å². The van der Waals surface area contributed by atoms with Crippen molar-refractivity contribution in [2.24, 2.45) is 5.92 Å². The first-order chi connectivity index (χ1) is 11.9. The van der Waals surface area contributed by atoms with E-state index in [4.69, 9.17) is 5.11 Å². The van der Waals surface area contributed by atoms with Crippen LogP contribution in [0.1, 0.15) is 23.2 Å². The van der Waals surface area contributed by atoms with Crippen LogP contribution in [0.3, 0.4) is 0 Å². The van der Waals surface area contributed by atoms with Crippen LogP contribution in [0.5, 0.6) is 0 Å². The highest BCUT2D eigenvalue weighted by Gasteiger charge is 2.31. The van der Waals surface area contributed by atoms with Crippen molar-refractivity contribution in [2.75, 3.05) is 18.4 Å². The maximum atomic E-state index is 12.4. The molecule has 2 aromatic rings. The van der Waals surface area contributed by atoms with Crippen LogP contribution in [0.25, 0.3) is 5.69 Å². The van der Waals surface area contributed by atoms with Gasteiger partial charge in [0.1, 0.15) is 0 Å². The van der Waals surface area contributed by atoms with Gasteiger partial charge in [0.05, 0.1) is 29.2 Å². The van der Waals surface area contributed by atoms with Crippen LogP contribution in [-0.2, 0) is 4.79 Å². The molecule has 2 heterocycles. The molecular weight excluding hydrogens is 320 g/mol. The number of hydrogen-bond acceptors (Lipinski definition) is 3. The number of rotatable bonds is 3. The summed E-state index contributed by atoms with van der Waals surface area (Å²) in [6, 6.07) is 5.86. The molecule has 1 aromatic carbocycles. The lowest BCUT2D eigenvalue weighted by atomic mass is 10.1. The molecule has 1 fully saturated rings. The van der Waals surface area contributed by atoms with Crippen molar-refractivity contribution in [3.05, 3.63) is 41.2 Å². The van der Waals surface area contributed by atoms with Crippen LogP contribution in [-0.4, -0.2) is 44.9 Å². The lowest BCUT2D eigenvalue weighted by Crippen LogP contribution is -2.33. The van der Waals surface area contributed by atoms with Crippen LogP contribution < -0.4 is 5.32 Å². The molecule has 0 radical (unpaired) electrons. The molecule has 7 heteroatoms. The van der Waals surface area contributed by atoms with Crippen molar-refractivity contribution >= 4 is 17.7 Å². The van der Waals surface area contributed by atoms with E-state index in [0.717, 1.165) is 22.5 Å². The lowest BCUT2D eigenvalue weighted by molar-refractivity contribution is -0.141. The standard InChI is InChI=1S/C18H22N4O3/c1-11-4-5-12(2)16(8-11)22-13(3)15(9-19-22)20-18(25)21-7-6-14(10-21)17(23)24/h4-5,8-9,14H,6-7,10H2,1-3H3,(H,20,25)(H,23,24). The highest BCUT2D eigenvalue weighted by Crippen LogP contribution is 2.23. The normalized spacial score (nSPS) is 16.9. The second-order valence-corrected chi connectivity index (χ2v) is 6.55. The average Bonchev–Trinajstić information content (AvgIpc) is 3.18. The first kappa shape index (κ1) is 17.0. The number of carboxylic acid groups (broad SMARTS) is 1. The average molecular weight is 342 g/mol. The van der Waals surface area contributed by atoms with Crippen LogP contribution >= 0.6 is 0 Å². The van der Waals surface area contributed by atoms with Gasteiger partial charge in [0, 0.05) is 13.1 Å². The summed E-state index contributed by atoms with van der Waals surface area (Å²) in [6.45, 7) is 6.63. The van der Waals surface area contributed by atoms with Crippen LogP contribution in [0.2, 0.25) is 0 Å². The molecule has 1 saturated heterocycles. The molecule has 0 saturated carbocycles. The Kier molecular flexibility index (Phi) is 4.48. The molecule has 1 atom stereocenters. The third-order valence-corrected chi connectivity index (χ3v) is 4.67. The predicted octanol–water partition coefficient (Wildman–Crippen LogP) is 2.74. The fourth-order valence-electron chi connectivity index (χ4n) is 3.06. The van der Waals surface area contributed by atoms with Gasteiger partial charge in [-0.3, -0.25) is 4.79 Å². The number of aromatic nitrogens is 2. The number of benzene rings is 1. The smallest absolute Gasteiger partial charge is 0.321 e. The summed E-state index contributed by atoms with van der Waals surface area (Å²) in [5.74, 6) is -1.33. The first-order valence-electron chi connectivity index (χ1n) is 8.28. The third kappa shape index (κ3) is 3.35. The molecule has 1 unspecified atom stereocenters. The number of nitrogens with one attached hydrogen (secondary N) is 1. The Morgan fingerprint density at radius 3 is 2.72 bits per heavy atom. The van der Waals surface area contributed by atoms with Gasteiger partial charge >= 0.3 is 12.0 Å². The zero-order valence-electron chi connectivity index (χ0n) is 14.6. The van der Waals surface area contributed by atoms with E-state index in [0.29, 0.717) is 18.7 Å². The monoisotopic (exact) mass is 342 g/mol. The number of carboxylic acids is 1. The topological polar surface area (TPSA) is 87.5 Å². The number of anilines is 1. The van der Waals surface area contributed by atoms with E-state index in [-0.39, 0.29) is 12.6 Å². The van der Waals surface area contributed by atoms with Crippen molar-refractivity contribution in [1.29, 1.82) is 0 Å². The first-order valence-corrected chi connectivity index (χ1v) is 8.28.